The standard InChI is InChI=1S/C14H17N3O5/c1-19-14-11(18)10(16-17-15)12-9(21-14)7-20-13(22-12)8-5-3-2-4-6-8/h2-6,9-14,18H,7H2,1H3/t9-,10-,11+,12-,13-,14+/m0/s1. The number of aliphatic hydroxyl groups is 1. The van der Waals surface area contributed by atoms with Gasteiger partial charge in [0.1, 0.15) is 18.3 Å². The summed E-state index contributed by atoms with van der Waals surface area (Å²) in [6.07, 6.45) is -3.64. The molecule has 2 saturated heterocycles. The Morgan fingerprint density at radius 3 is 2.77 bits per heavy atom. The molecule has 118 valence electrons. The summed E-state index contributed by atoms with van der Waals surface area (Å²) >= 11 is 0. The summed E-state index contributed by atoms with van der Waals surface area (Å²) in [6.45, 7) is 0.258. The van der Waals surface area contributed by atoms with Gasteiger partial charge in [-0.1, -0.05) is 35.4 Å². The number of hydrogen-bond acceptors (Lipinski definition) is 6. The normalized spacial score (nSPS) is 37.9. The Bertz CT molecular complexity index is 551. The third-order valence-corrected chi connectivity index (χ3v) is 3.82. The van der Waals surface area contributed by atoms with Crippen molar-refractivity contribution in [2.75, 3.05) is 13.7 Å². The number of rotatable bonds is 3. The van der Waals surface area contributed by atoms with Gasteiger partial charge in [0.2, 0.25) is 0 Å². The number of nitrogens with zero attached hydrogens (tertiary/aromatic N) is 3. The largest absolute Gasteiger partial charge is 0.387 e. The van der Waals surface area contributed by atoms with E-state index in [1.165, 1.54) is 7.11 Å². The van der Waals surface area contributed by atoms with E-state index in [1.54, 1.807) is 0 Å². The predicted molar refractivity (Wildman–Crippen MR) is 74.6 cm³/mol. The SMILES string of the molecule is CO[C@@H]1O[C@H]2CO[C@H](c3ccccc3)O[C@@H]2[C@@H](N=[N+]=[N-])[C@H]1O. The topological polar surface area (TPSA) is 106 Å². The summed E-state index contributed by atoms with van der Waals surface area (Å²) in [4.78, 5) is 2.80. The van der Waals surface area contributed by atoms with Crippen molar-refractivity contribution in [3.05, 3.63) is 46.3 Å². The van der Waals surface area contributed by atoms with Gasteiger partial charge < -0.3 is 24.1 Å². The Morgan fingerprint density at radius 1 is 1.32 bits per heavy atom. The van der Waals surface area contributed by atoms with Crippen molar-refractivity contribution in [3.63, 3.8) is 0 Å². The highest BCUT2D eigenvalue weighted by Crippen LogP contribution is 2.35. The van der Waals surface area contributed by atoms with Crippen molar-refractivity contribution in [2.45, 2.75) is 36.9 Å². The van der Waals surface area contributed by atoms with Gasteiger partial charge in [-0.2, -0.15) is 0 Å². The van der Waals surface area contributed by atoms with Gasteiger partial charge in [-0.25, -0.2) is 0 Å². The Kier molecular flexibility index (Phi) is 4.58. The van der Waals surface area contributed by atoms with Gasteiger partial charge in [-0.3, -0.25) is 0 Å². The number of hydrogen-bond donors (Lipinski definition) is 1. The average Bonchev–Trinajstić information content (AvgIpc) is 2.57. The van der Waals surface area contributed by atoms with Gasteiger partial charge >= 0.3 is 0 Å². The third kappa shape index (κ3) is 2.80. The zero-order valence-electron chi connectivity index (χ0n) is 12.0. The molecule has 8 heteroatoms. The quantitative estimate of drug-likeness (QED) is 0.517. The van der Waals surface area contributed by atoms with E-state index in [2.05, 4.69) is 10.0 Å². The van der Waals surface area contributed by atoms with Crippen LogP contribution in [0.4, 0.5) is 0 Å². The van der Waals surface area contributed by atoms with Crippen LogP contribution >= 0.6 is 0 Å². The summed E-state index contributed by atoms with van der Waals surface area (Å²) < 4.78 is 22.2. The molecule has 2 aliphatic heterocycles. The van der Waals surface area contributed by atoms with E-state index in [-0.39, 0.29) is 6.61 Å². The summed E-state index contributed by atoms with van der Waals surface area (Å²) in [6, 6.07) is 8.62. The molecule has 0 saturated carbocycles. The monoisotopic (exact) mass is 307 g/mol. The van der Waals surface area contributed by atoms with Crippen molar-refractivity contribution in [1.82, 2.24) is 0 Å². The van der Waals surface area contributed by atoms with Crippen molar-refractivity contribution in [1.29, 1.82) is 0 Å². The molecule has 0 radical (unpaired) electrons. The van der Waals surface area contributed by atoms with Crippen LogP contribution in [-0.2, 0) is 18.9 Å². The molecule has 0 unspecified atom stereocenters. The molecular formula is C14H17N3O5. The molecule has 8 nitrogen and oxygen atoms in total. The number of azide groups is 1. The zero-order chi connectivity index (χ0) is 15.5. The fraction of sp³-hybridized carbons (Fsp3) is 0.571. The maximum absolute atomic E-state index is 10.2. The van der Waals surface area contributed by atoms with Crippen LogP contribution in [0.25, 0.3) is 10.4 Å². The van der Waals surface area contributed by atoms with E-state index in [0.717, 1.165) is 5.56 Å². The van der Waals surface area contributed by atoms with Gasteiger partial charge in [-0.05, 0) is 5.53 Å². The lowest BCUT2D eigenvalue weighted by Gasteiger charge is -2.46. The Hall–Kier alpha value is -1.67. The Morgan fingerprint density at radius 2 is 2.09 bits per heavy atom. The second-order valence-corrected chi connectivity index (χ2v) is 5.14. The van der Waals surface area contributed by atoms with Crippen LogP contribution in [0.2, 0.25) is 0 Å². The zero-order valence-corrected chi connectivity index (χ0v) is 12.0. The number of fused-ring (bicyclic) bond motifs is 1. The lowest BCUT2D eigenvalue weighted by atomic mass is 9.96. The molecule has 0 spiro atoms. The first kappa shape index (κ1) is 15.2. The predicted octanol–water partition coefficient (Wildman–Crippen LogP) is 1.51. The summed E-state index contributed by atoms with van der Waals surface area (Å²) in [5.74, 6) is 0. The molecule has 1 aromatic carbocycles. The van der Waals surface area contributed by atoms with Crippen LogP contribution in [-0.4, -0.2) is 49.5 Å². The van der Waals surface area contributed by atoms with Crippen molar-refractivity contribution in [2.24, 2.45) is 5.11 Å². The molecule has 22 heavy (non-hydrogen) atoms. The number of methoxy groups -OCH3 is 1. The van der Waals surface area contributed by atoms with E-state index in [1.807, 2.05) is 30.3 Å². The summed E-state index contributed by atoms with van der Waals surface area (Å²) in [7, 11) is 1.42. The molecule has 1 aromatic rings. The first-order chi connectivity index (χ1) is 10.7. The van der Waals surface area contributed by atoms with Crippen LogP contribution in [0.5, 0.6) is 0 Å². The molecule has 3 rings (SSSR count). The summed E-state index contributed by atoms with van der Waals surface area (Å²) in [5.41, 5.74) is 9.60. The molecule has 2 fully saturated rings. The fourth-order valence-corrected chi connectivity index (χ4v) is 2.75. The van der Waals surface area contributed by atoms with Gasteiger partial charge in [0, 0.05) is 17.6 Å². The minimum absolute atomic E-state index is 0.258. The average molecular weight is 307 g/mol. The minimum atomic E-state index is -1.10. The highest BCUT2D eigenvalue weighted by Gasteiger charge is 2.49. The molecule has 2 heterocycles. The minimum Gasteiger partial charge on any atom is -0.387 e. The maximum Gasteiger partial charge on any atom is 0.184 e. The van der Waals surface area contributed by atoms with Crippen LogP contribution < -0.4 is 0 Å². The van der Waals surface area contributed by atoms with E-state index in [4.69, 9.17) is 24.5 Å². The highest BCUT2D eigenvalue weighted by molar-refractivity contribution is 5.16. The van der Waals surface area contributed by atoms with Crippen molar-refractivity contribution in [3.8, 4) is 0 Å². The van der Waals surface area contributed by atoms with E-state index in [0.29, 0.717) is 0 Å². The molecule has 0 aliphatic carbocycles. The van der Waals surface area contributed by atoms with E-state index < -0.39 is 36.9 Å². The van der Waals surface area contributed by atoms with Gasteiger partial charge in [0.15, 0.2) is 12.6 Å². The van der Waals surface area contributed by atoms with Crippen molar-refractivity contribution < 1.29 is 24.1 Å². The molecule has 6 atom stereocenters. The van der Waals surface area contributed by atoms with Gasteiger partial charge in [0.25, 0.3) is 0 Å². The second-order valence-electron chi connectivity index (χ2n) is 5.14. The second kappa shape index (κ2) is 6.62. The van der Waals surface area contributed by atoms with Crippen molar-refractivity contribution >= 4 is 0 Å². The fourth-order valence-electron chi connectivity index (χ4n) is 2.75. The molecule has 2 aliphatic rings. The first-order valence-electron chi connectivity index (χ1n) is 6.97. The Labute approximate surface area is 127 Å². The maximum atomic E-state index is 10.2. The molecule has 1 N–H and O–H groups in total. The number of benzene rings is 1. The van der Waals surface area contributed by atoms with E-state index >= 15 is 0 Å². The Balaban J connectivity index is 1.82. The molecule has 0 amide bonds. The highest BCUT2D eigenvalue weighted by atomic mass is 16.7. The smallest absolute Gasteiger partial charge is 0.184 e. The van der Waals surface area contributed by atoms with Crippen LogP contribution in [0.3, 0.4) is 0 Å². The number of ether oxygens (including phenoxy) is 4. The number of aliphatic hydroxyl groups excluding tert-OH is 1. The van der Waals surface area contributed by atoms with E-state index in [9.17, 15) is 5.11 Å². The van der Waals surface area contributed by atoms with Crippen LogP contribution in [0, 0.1) is 0 Å². The lowest BCUT2D eigenvalue weighted by Crippen LogP contribution is -2.61. The molecular weight excluding hydrogens is 290 g/mol. The molecule has 0 aromatic heterocycles. The third-order valence-electron chi connectivity index (χ3n) is 3.82. The van der Waals surface area contributed by atoms with Crippen LogP contribution in [0.1, 0.15) is 11.9 Å². The van der Waals surface area contributed by atoms with Gasteiger partial charge in [-0.15, -0.1) is 0 Å². The first-order valence-corrected chi connectivity index (χ1v) is 6.97. The van der Waals surface area contributed by atoms with Crippen LogP contribution in [0.15, 0.2) is 35.4 Å². The van der Waals surface area contributed by atoms with Gasteiger partial charge in [0.05, 0.1) is 12.6 Å². The lowest BCUT2D eigenvalue weighted by molar-refractivity contribution is -0.337. The summed E-state index contributed by atoms with van der Waals surface area (Å²) in [5, 5.41) is 13.9. The molecule has 0 bridgehead atoms.